The van der Waals surface area contributed by atoms with Crippen molar-refractivity contribution in [3.63, 3.8) is 0 Å². The smallest absolute Gasteiger partial charge is 0.122 e. The molecule has 0 bridgehead atoms. The molecular weight excluding hydrogens is 334 g/mol. The fourth-order valence-electron chi connectivity index (χ4n) is 1.77. The average molecular weight is 347 g/mol. The molecule has 0 radical (unpaired) electrons. The minimum Gasteiger partial charge on any atom is -0.496 e. The monoisotopic (exact) mass is 345 g/mol. The third-order valence-electron chi connectivity index (χ3n) is 2.64. The van der Waals surface area contributed by atoms with E-state index >= 15 is 0 Å². The Balaban J connectivity index is 2.20. The lowest BCUT2D eigenvalue weighted by Crippen LogP contribution is -2.12. The summed E-state index contributed by atoms with van der Waals surface area (Å²) in [6, 6.07) is 7.59. The van der Waals surface area contributed by atoms with Crippen LogP contribution in [0.2, 0.25) is 5.02 Å². The van der Waals surface area contributed by atoms with Gasteiger partial charge in [0.05, 0.1) is 7.11 Å². The highest BCUT2D eigenvalue weighted by Gasteiger charge is 2.13. The van der Waals surface area contributed by atoms with Crippen LogP contribution in [0.25, 0.3) is 0 Å². The molecule has 0 aliphatic heterocycles. The van der Waals surface area contributed by atoms with Crippen LogP contribution in [0.3, 0.4) is 0 Å². The summed E-state index contributed by atoms with van der Waals surface area (Å²) in [7, 11) is 1.65. The second-order valence-electron chi connectivity index (χ2n) is 3.93. The molecule has 0 aliphatic rings. The van der Waals surface area contributed by atoms with Crippen LogP contribution in [0, 0.1) is 0 Å². The minimum absolute atomic E-state index is 0.0475. The van der Waals surface area contributed by atoms with E-state index in [9.17, 15) is 0 Å². The van der Waals surface area contributed by atoms with Gasteiger partial charge in [0.1, 0.15) is 5.75 Å². The standard InChI is InChI=1S/C13H13BrClNOS/c1-17-12-3-2-10(15)4-8(12)5-11(16)13-6-9(14)7-18-13/h2-4,6-7,11H,5,16H2,1H3. The molecule has 1 aromatic heterocycles. The number of rotatable bonds is 4. The highest BCUT2D eigenvalue weighted by atomic mass is 79.9. The number of benzene rings is 1. The van der Waals surface area contributed by atoms with Gasteiger partial charge in [0.2, 0.25) is 0 Å². The molecule has 0 amide bonds. The van der Waals surface area contributed by atoms with Gasteiger partial charge in [-0.2, -0.15) is 0 Å². The number of halogens is 2. The van der Waals surface area contributed by atoms with Gasteiger partial charge in [-0.1, -0.05) is 11.6 Å². The van der Waals surface area contributed by atoms with E-state index in [2.05, 4.69) is 15.9 Å². The number of methoxy groups -OCH3 is 1. The van der Waals surface area contributed by atoms with Gasteiger partial charge in [-0.15, -0.1) is 11.3 Å². The van der Waals surface area contributed by atoms with Gasteiger partial charge in [0.25, 0.3) is 0 Å². The number of ether oxygens (including phenoxy) is 1. The fraction of sp³-hybridized carbons (Fsp3) is 0.231. The Bertz CT molecular complexity index is 544. The molecule has 0 saturated carbocycles. The number of hydrogen-bond donors (Lipinski definition) is 1. The van der Waals surface area contributed by atoms with E-state index in [1.54, 1.807) is 18.4 Å². The topological polar surface area (TPSA) is 35.2 Å². The Hall–Kier alpha value is -0.550. The van der Waals surface area contributed by atoms with Crippen molar-refractivity contribution in [1.29, 1.82) is 0 Å². The van der Waals surface area contributed by atoms with Gasteiger partial charge in [-0.3, -0.25) is 0 Å². The van der Waals surface area contributed by atoms with E-state index in [4.69, 9.17) is 22.1 Å². The average Bonchev–Trinajstić information content (AvgIpc) is 2.76. The summed E-state index contributed by atoms with van der Waals surface area (Å²) in [5, 5.41) is 2.73. The second kappa shape index (κ2) is 6.06. The molecule has 2 aromatic rings. The van der Waals surface area contributed by atoms with Gasteiger partial charge in [0, 0.05) is 25.8 Å². The molecule has 2 nitrogen and oxygen atoms in total. The summed E-state index contributed by atoms with van der Waals surface area (Å²) in [5.41, 5.74) is 7.23. The van der Waals surface area contributed by atoms with Gasteiger partial charge < -0.3 is 10.5 Å². The summed E-state index contributed by atoms with van der Waals surface area (Å²) < 4.78 is 6.39. The van der Waals surface area contributed by atoms with Crippen LogP contribution < -0.4 is 10.5 Å². The SMILES string of the molecule is COc1ccc(Cl)cc1CC(N)c1cc(Br)cs1. The van der Waals surface area contributed by atoms with Crippen LogP contribution in [0.1, 0.15) is 16.5 Å². The summed E-state index contributed by atoms with van der Waals surface area (Å²) in [6.45, 7) is 0. The van der Waals surface area contributed by atoms with Crippen LogP contribution >= 0.6 is 38.9 Å². The maximum Gasteiger partial charge on any atom is 0.122 e. The number of thiophene rings is 1. The normalized spacial score (nSPS) is 12.4. The zero-order valence-corrected chi connectivity index (χ0v) is 13.0. The lowest BCUT2D eigenvalue weighted by molar-refractivity contribution is 0.408. The molecule has 96 valence electrons. The lowest BCUT2D eigenvalue weighted by Gasteiger charge is -2.13. The van der Waals surface area contributed by atoms with Crippen LogP contribution in [0.4, 0.5) is 0 Å². The third-order valence-corrected chi connectivity index (χ3v) is 4.70. The zero-order chi connectivity index (χ0) is 13.1. The van der Waals surface area contributed by atoms with Crippen molar-refractivity contribution in [2.24, 2.45) is 5.73 Å². The molecule has 18 heavy (non-hydrogen) atoms. The molecule has 1 heterocycles. The first-order valence-corrected chi connectivity index (χ1v) is 7.47. The molecule has 0 spiro atoms. The Morgan fingerprint density at radius 3 is 2.83 bits per heavy atom. The highest BCUT2D eigenvalue weighted by molar-refractivity contribution is 9.10. The predicted octanol–water partition coefficient (Wildman–Crippen LogP) is 4.42. The van der Waals surface area contributed by atoms with E-state index in [1.807, 2.05) is 29.6 Å². The molecule has 0 aliphatic carbocycles. The molecule has 1 atom stereocenters. The maximum absolute atomic E-state index is 6.20. The fourth-order valence-corrected chi connectivity index (χ4v) is 3.41. The van der Waals surface area contributed by atoms with E-state index in [0.717, 1.165) is 20.7 Å². The largest absolute Gasteiger partial charge is 0.496 e. The van der Waals surface area contributed by atoms with E-state index in [0.29, 0.717) is 11.4 Å². The van der Waals surface area contributed by atoms with E-state index < -0.39 is 0 Å². The molecule has 2 rings (SSSR count). The lowest BCUT2D eigenvalue weighted by atomic mass is 10.0. The summed E-state index contributed by atoms with van der Waals surface area (Å²) >= 11 is 11.1. The number of hydrogen-bond acceptors (Lipinski definition) is 3. The first-order valence-electron chi connectivity index (χ1n) is 5.42. The van der Waals surface area contributed by atoms with E-state index in [-0.39, 0.29) is 6.04 Å². The summed E-state index contributed by atoms with van der Waals surface area (Å²) in [4.78, 5) is 1.14. The van der Waals surface area contributed by atoms with Crippen molar-refractivity contribution in [2.75, 3.05) is 7.11 Å². The van der Waals surface area contributed by atoms with Crippen LogP contribution in [-0.2, 0) is 6.42 Å². The van der Waals surface area contributed by atoms with Crippen LogP contribution in [0.5, 0.6) is 5.75 Å². The highest BCUT2D eigenvalue weighted by Crippen LogP contribution is 2.30. The van der Waals surface area contributed by atoms with Crippen LogP contribution in [-0.4, -0.2) is 7.11 Å². The van der Waals surface area contributed by atoms with Crippen molar-refractivity contribution in [3.8, 4) is 5.75 Å². The van der Waals surface area contributed by atoms with Crippen molar-refractivity contribution >= 4 is 38.9 Å². The molecule has 0 saturated heterocycles. The van der Waals surface area contributed by atoms with Crippen LogP contribution in [0.15, 0.2) is 34.1 Å². The molecule has 0 fully saturated rings. The number of nitrogens with two attached hydrogens (primary N) is 1. The molecule has 1 unspecified atom stereocenters. The van der Waals surface area contributed by atoms with Crippen molar-refractivity contribution < 1.29 is 4.74 Å². The van der Waals surface area contributed by atoms with E-state index in [1.165, 1.54) is 0 Å². The molecule has 1 aromatic carbocycles. The van der Waals surface area contributed by atoms with Crippen molar-refractivity contribution in [3.05, 3.63) is 49.6 Å². The third kappa shape index (κ3) is 3.26. The Morgan fingerprint density at radius 2 is 2.22 bits per heavy atom. The Kier molecular flexibility index (Phi) is 4.67. The molecular formula is C13H13BrClNOS. The Morgan fingerprint density at radius 1 is 1.44 bits per heavy atom. The van der Waals surface area contributed by atoms with Crippen molar-refractivity contribution in [2.45, 2.75) is 12.5 Å². The first kappa shape index (κ1) is 13.9. The van der Waals surface area contributed by atoms with Gasteiger partial charge >= 0.3 is 0 Å². The first-order chi connectivity index (χ1) is 8.60. The summed E-state index contributed by atoms with van der Waals surface area (Å²) in [6.07, 6.45) is 0.705. The second-order valence-corrected chi connectivity index (χ2v) is 6.23. The minimum atomic E-state index is -0.0475. The predicted molar refractivity (Wildman–Crippen MR) is 80.7 cm³/mol. The summed E-state index contributed by atoms with van der Waals surface area (Å²) in [5.74, 6) is 0.825. The quantitative estimate of drug-likeness (QED) is 0.889. The Labute approximate surface area is 124 Å². The van der Waals surface area contributed by atoms with Gasteiger partial charge in [-0.25, -0.2) is 0 Å². The molecule has 5 heteroatoms. The van der Waals surface area contributed by atoms with Crippen molar-refractivity contribution in [1.82, 2.24) is 0 Å². The zero-order valence-electron chi connectivity index (χ0n) is 9.82. The van der Waals surface area contributed by atoms with Gasteiger partial charge in [-0.05, 0) is 52.2 Å². The molecule has 2 N–H and O–H groups in total. The van der Waals surface area contributed by atoms with Gasteiger partial charge in [0.15, 0.2) is 0 Å². The maximum atomic E-state index is 6.20.